The molecule has 0 bridgehead atoms. The van der Waals surface area contributed by atoms with Gasteiger partial charge < -0.3 is 18.9 Å². The van der Waals surface area contributed by atoms with Crippen molar-refractivity contribution < 1.29 is 18.9 Å². The number of ether oxygens (including phenoxy) is 4. The van der Waals surface area contributed by atoms with Gasteiger partial charge in [0.25, 0.3) is 0 Å². The Morgan fingerprint density at radius 1 is 0.970 bits per heavy atom. The van der Waals surface area contributed by atoms with E-state index in [0.29, 0.717) is 19.1 Å². The van der Waals surface area contributed by atoms with Crippen LogP contribution in [0.5, 0.6) is 11.5 Å². The third kappa shape index (κ3) is 4.55. The van der Waals surface area contributed by atoms with E-state index in [2.05, 4.69) is 18.2 Å². The Labute approximate surface area is 197 Å². The lowest BCUT2D eigenvalue weighted by molar-refractivity contribution is 0.186. The summed E-state index contributed by atoms with van der Waals surface area (Å²) in [6.45, 7) is 6.04. The Bertz CT molecular complexity index is 1030. The number of allylic oxidation sites excluding steroid dienone is 3. The number of hydrogen-bond donors (Lipinski definition) is 0. The van der Waals surface area contributed by atoms with E-state index < -0.39 is 0 Å². The van der Waals surface area contributed by atoms with Crippen LogP contribution in [-0.4, -0.2) is 38.7 Å². The topological polar surface area (TPSA) is 49.3 Å². The molecular formula is C28H35NO4. The molecule has 1 aromatic carbocycles. The van der Waals surface area contributed by atoms with Crippen LogP contribution in [0.2, 0.25) is 0 Å². The molecule has 33 heavy (non-hydrogen) atoms. The fourth-order valence-electron chi connectivity index (χ4n) is 5.09. The minimum atomic E-state index is 0.260. The first-order valence-electron chi connectivity index (χ1n) is 12.5. The predicted molar refractivity (Wildman–Crippen MR) is 130 cm³/mol. The maximum Gasteiger partial charge on any atom is 0.161 e. The molecule has 5 nitrogen and oxygen atoms in total. The van der Waals surface area contributed by atoms with E-state index in [1.165, 1.54) is 42.4 Å². The molecule has 2 fully saturated rings. The molecule has 3 aliphatic carbocycles. The van der Waals surface area contributed by atoms with Gasteiger partial charge in [-0.1, -0.05) is 6.42 Å². The summed E-state index contributed by atoms with van der Waals surface area (Å²) in [5.74, 6) is 4.03. The quantitative estimate of drug-likeness (QED) is 0.454. The van der Waals surface area contributed by atoms with Gasteiger partial charge in [0.15, 0.2) is 17.3 Å². The number of fused-ring (bicyclic) bond motifs is 2. The van der Waals surface area contributed by atoms with Crippen LogP contribution >= 0.6 is 0 Å². The first kappa shape index (κ1) is 22.1. The van der Waals surface area contributed by atoms with Crippen molar-refractivity contribution in [2.75, 3.05) is 26.9 Å². The Kier molecular flexibility index (Phi) is 6.48. The van der Waals surface area contributed by atoms with E-state index in [1.54, 1.807) is 7.11 Å². The van der Waals surface area contributed by atoms with Crippen molar-refractivity contribution >= 4 is 5.71 Å². The van der Waals surface area contributed by atoms with Gasteiger partial charge >= 0.3 is 0 Å². The highest BCUT2D eigenvalue weighted by Crippen LogP contribution is 2.43. The van der Waals surface area contributed by atoms with Crippen molar-refractivity contribution in [3.63, 3.8) is 0 Å². The molecule has 2 saturated carbocycles. The summed E-state index contributed by atoms with van der Waals surface area (Å²) in [6.07, 6.45) is 10.1. The number of nitrogens with zero attached hydrogens (tertiary/aromatic N) is 1. The Morgan fingerprint density at radius 3 is 2.58 bits per heavy atom. The Hall–Kier alpha value is -2.69. The zero-order valence-corrected chi connectivity index (χ0v) is 20.1. The second-order valence-corrected chi connectivity index (χ2v) is 9.25. The van der Waals surface area contributed by atoms with Crippen molar-refractivity contribution in [1.29, 1.82) is 0 Å². The van der Waals surface area contributed by atoms with Gasteiger partial charge in [0.2, 0.25) is 0 Å². The smallest absolute Gasteiger partial charge is 0.161 e. The maximum atomic E-state index is 6.21. The summed E-state index contributed by atoms with van der Waals surface area (Å²) in [7, 11) is 1.72. The first-order chi connectivity index (χ1) is 16.2. The maximum absolute atomic E-state index is 6.21. The largest absolute Gasteiger partial charge is 0.494 e. The van der Waals surface area contributed by atoms with Gasteiger partial charge in [0.05, 0.1) is 38.7 Å². The summed E-state index contributed by atoms with van der Waals surface area (Å²) in [5.41, 5.74) is 6.14. The second-order valence-electron chi connectivity index (χ2n) is 9.25. The minimum absolute atomic E-state index is 0.260. The molecule has 0 radical (unpaired) electrons. The highest BCUT2D eigenvalue weighted by molar-refractivity contribution is 6.17. The summed E-state index contributed by atoms with van der Waals surface area (Å²) >= 11 is 0. The lowest BCUT2D eigenvalue weighted by atomic mass is 9.77. The van der Waals surface area contributed by atoms with Crippen LogP contribution in [0.3, 0.4) is 0 Å². The molecule has 4 aliphatic rings. The molecule has 176 valence electrons. The molecule has 1 unspecified atom stereocenters. The van der Waals surface area contributed by atoms with E-state index in [-0.39, 0.29) is 6.04 Å². The lowest BCUT2D eigenvalue weighted by Gasteiger charge is -2.35. The van der Waals surface area contributed by atoms with E-state index in [9.17, 15) is 0 Å². The molecule has 1 aliphatic heterocycles. The zero-order chi connectivity index (χ0) is 22.8. The number of rotatable bonds is 9. The van der Waals surface area contributed by atoms with Crippen LogP contribution in [0.4, 0.5) is 0 Å². The summed E-state index contributed by atoms with van der Waals surface area (Å²) in [4.78, 5) is 5.30. The van der Waals surface area contributed by atoms with Crippen molar-refractivity contribution in [1.82, 2.24) is 0 Å². The van der Waals surface area contributed by atoms with Crippen LogP contribution in [0.25, 0.3) is 0 Å². The molecule has 0 spiro atoms. The number of aliphatic imine (C=N–C) groups is 1. The van der Waals surface area contributed by atoms with E-state index >= 15 is 0 Å². The highest BCUT2D eigenvalue weighted by Gasteiger charge is 2.34. The van der Waals surface area contributed by atoms with E-state index in [4.69, 9.17) is 23.9 Å². The summed E-state index contributed by atoms with van der Waals surface area (Å²) in [5, 5.41) is 0. The second kappa shape index (κ2) is 9.66. The molecule has 1 atom stereocenters. The van der Waals surface area contributed by atoms with Crippen molar-refractivity contribution in [2.24, 2.45) is 10.9 Å². The van der Waals surface area contributed by atoms with Crippen LogP contribution in [0.15, 0.2) is 57.5 Å². The third-order valence-corrected chi connectivity index (χ3v) is 6.94. The lowest BCUT2D eigenvalue weighted by Crippen LogP contribution is -2.28. The molecule has 0 N–H and O–H groups in total. The molecule has 5 heteroatoms. The first-order valence-corrected chi connectivity index (χ1v) is 12.5. The molecule has 5 rings (SSSR count). The average Bonchev–Trinajstić information content (AvgIpc) is 3.67. The SMILES string of the molecule is CCOC1=C(OC)C=C2C(c3ccc(OCC)c(OCC4CC4)c3)=NC3CCCCC3=C2C1. The van der Waals surface area contributed by atoms with Crippen LogP contribution < -0.4 is 9.47 Å². The number of benzene rings is 1. The molecular weight excluding hydrogens is 414 g/mol. The number of methoxy groups -OCH3 is 1. The van der Waals surface area contributed by atoms with Crippen molar-refractivity contribution in [3.8, 4) is 11.5 Å². The molecule has 0 aromatic heterocycles. The van der Waals surface area contributed by atoms with Gasteiger partial charge in [-0.05, 0) is 87.3 Å². The van der Waals surface area contributed by atoms with Crippen LogP contribution in [-0.2, 0) is 9.47 Å². The fraction of sp³-hybridized carbons (Fsp3) is 0.536. The average molecular weight is 450 g/mol. The third-order valence-electron chi connectivity index (χ3n) is 6.94. The normalized spacial score (nSPS) is 22.2. The van der Waals surface area contributed by atoms with E-state index in [0.717, 1.165) is 60.2 Å². The number of dihydropyridines is 1. The summed E-state index contributed by atoms with van der Waals surface area (Å²) in [6, 6.07) is 6.53. The van der Waals surface area contributed by atoms with Crippen LogP contribution in [0.1, 0.15) is 64.4 Å². The van der Waals surface area contributed by atoms with E-state index in [1.807, 2.05) is 19.9 Å². The standard InChI is InChI=1S/C28H35NO4/c1-4-31-24-13-12-19(14-26(24)33-17-18-10-11-18)28-22-16-25(30-3)27(32-5-2)15-21(22)20-8-6-7-9-23(20)29-28/h12-14,16,18,23H,4-11,15,17H2,1-3H3. The van der Waals surface area contributed by atoms with Gasteiger partial charge in [-0.15, -0.1) is 0 Å². The van der Waals surface area contributed by atoms with Gasteiger partial charge in [-0.3, -0.25) is 4.99 Å². The minimum Gasteiger partial charge on any atom is -0.494 e. The monoisotopic (exact) mass is 449 g/mol. The number of hydrogen-bond acceptors (Lipinski definition) is 5. The predicted octanol–water partition coefficient (Wildman–Crippen LogP) is 6.14. The molecule has 1 heterocycles. The van der Waals surface area contributed by atoms with Crippen molar-refractivity contribution in [2.45, 2.75) is 64.8 Å². The van der Waals surface area contributed by atoms with Crippen molar-refractivity contribution in [3.05, 3.63) is 58.1 Å². The highest BCUT2D eigenvalue weighted by atomic mass is 16.5. The van der Waals surface area contributed by atoms with Gasteiger partial charge in [0.1, 0.15) is 5.76 Å². The van der Waals surface area contributed by atoms with Gasteiger partial charge in [0, 0.05) is 17.6 Å². The van der Waals surface area contributed by atoms with Gasteiger partial charge in [-0.25, -0.2) is 0 Å². The Morgan fingerprint density at radius 2 is 1.82 bits per heavy atom. The summed E-state index contributed by atoms with van der Waals surface area (Å²) < 4.78 is 23.8. The fourth-order valence-corrected chi connectivity index (χ4v) is 5.09. The van der Waals surface area contributed by atoms with Gasteiger partial charge in [-0.2, -0.15) is 0 Å². The zero-order valence-electron chi connectivity index (χ0n) is 20.1. The van der Waals surface area contributed by atoms with Crippen LogP contribution in [0, 0.1) is 5.92 Å². The molecule has 0 amide bonds. The Balaban J connectivity index is 1.56. The molecule has 0 saturated heterocycles. The molecule has 1 aromatic rings.